The number of pyridine rings is 1. The molecule has 3 fully saturated rings. The first kappa shape index (κ1) is 30.4. The second kappa shape index (κ2) is 13.3. The van der Waals surface area contributed by atoms with Gasteiger partial charge in [0.1, 0.15) is 24.9 Å². The number of carbonyl (C=O) groups is 1. The van der Waals surface area contributed by atoms with E-state index in [2.05, 4.69) is 15.5 Å². The van der Waals surface area contributed by atoms with Crippen LogP contribution >= 0.6 is 0 Å². The second-order valence-corrected chi connectivity index (χ2v) is 13.1. The van der Waals surface area contributed by atoms with Crippen LogP contribution in [0.3, 0.4) is 0 Å². The first-order valence-electron chi connectivity index (χ1n) is 16.5. The van der Waals surface area contributed by atoms with Crippen LogP contribution in [-0.4, -0.2) is 71.5 Å². The third-order valence-corrected chi connectivity index (χ3v) is 10.1. The number of hydrogen-bond acceptors (Lipinski definition) is 9. The van der Waals surface area contributed by atoms with Crippen LogP contribution in [-0.2, 0) is 56.7 Å². The van der Waals surface area contributed by atoms with E-state index in [1.165, 1.54) is 0 Å². The summed E-state index contributed by atoms with van der Waals surface area (Å²) in [7, 11) is 0. The van der Waals surface area contributed by atoms with Crippen molar-refractivity contribution in [1.29, 1.82) is 0 Å². The molecule has 0 N–H and O–H groups in total. The van der Waals surface area contributed by atoms with E-state index >= 15 is 0 Å². The first-order chi connectivity index (χ1) is 23.1. The van der Waals surface area contributed by atoms with E-state index in [4.69, 9.17) is 33.7 Å². The molecule has 2 aromatic carbocycles. The molecule has 0 radical (unpaired) electrons. The van der Waals surface area contributed by atoms with Gasteiger partial charge in [0.25, 0.3) is 6.47 Å². The number of aromatic nitrogens is 3. The number of hydrogen-bond donors (Lipinski definition) is 0. The SMILES string of the molecule is O=COCc1ccc2nc(CN3CCC4c5nc(OCc6ccc(C7COC7)cc6F)ccc5COCC4C3)n(C[C@@H]3CCO3)c2c1. The molecule has 246 valence electrons. The normalized spacial score (nSPS) is 22.9. The average molecular weight is 643 g/mol. The summed E-state index contributed by atoms with van der Waals surface area (Å²) in [5.41, 5.74) is 6.50. The fraction of sp³-hybridized carbons (Fsp3) is 0.472. The zero-order valence-electron chi connectivity index (χ0n) is 26.3. The lowest BCUT2D eigenvalue weighted by Gasteiger charge is -2.37. The van der Waals surface area contributed by atoms with Crippen molar-refractivity contribution in [3.8, 4) is 5.88 Å². The Labute approximate surface area is 272 Å². The fourth-order valence-electron chi connectivity index (χ4n) is 7.22. The molecule has 6 heterocycles. The standard InChI is InChI=1S/C36H39FN4O6/c37-31-12-24(28-19-44-20-28)2-3-25(31)21-47-35-6-4-26-17-43-18-27-13-40(9-7-30(27)36(26)39-35)15-34-38-32-5-1-23(16-45-22-42)11-33(32)41(34)14-29-8-10-46-29/h1-6,11-12,22,27-30H,7-10,13-21H2/t27?,29-,30?/m0/s1. The molecular weight excluding hydrogens is 603 g/mol. The van der Waals surface area contributed by atoms with E-state index in [-0.39, 0.29) is 42.9 Å². The van der Waals surface area contributed by atoms with Crippen LogP contribution in [0.5, 0.6) is 5.88 Å². The lowest BCUT2D eigenvalue weighted by atomic mass is 9.82. The highest BCUT2D eigenvalue weighted by atomic mass is 19.1. The molecule has 0 amide bonds. The van der Waals surface area contributed by atoms with Gasteiger partial charge in [0.2, 0.25) is 5.88 Å². The summed E-state index contributed by atoms with van der Waals surface area (Å²) in [6.07, 6.45) is 2.16. The molecule has 0 saturated carbocycles. The smallest absolute Gasteiger partial charge is 0.293 e. The molecule has 4 aliphatic rings. The predicted octanol–water partition coefficient (Wildman–Crippen LogP) is 4.86. The van der Waals surface area contributed by atoms with Crippen molar-refractivity contribution in [3.05, 3.63) is 88.1 Å². The Hall–Kier alpha value is -3.90. The largest absolute Gasteiger partial charge is 0.473 e. The van der Waals surface area contributed by atoms with Crippen molar-refractivity contribution in [2.45, 2.75) is 63.7 Å². The molecular formula is C36H39FN4O6. The Kier molecular flexibility index (Phi) is 8.62. The van der Waals surface area contributed by atoms with E-state index in [0.717, 1.165) is 78.3 Å². The molecule has 3 saturated heterocycles. The molecule has 8 rings (SSSR count). The van der Waals surface area contributed by atoms with Gasteiger partial charge in [-0.05, 0) is 60.3 Å². The van der Waals surface area contributed by atoms with E-state index in [9.17, 15) is 9.18 Å². The minimum atomic E-state index is -0.258. The lowest BCUT2D eigenvalue weighted by Crippen LogP contribution is -2.41. The highest BCUT2D eigenvalue weighted by Gasteiger charge is 2.36. The Balaban J connectivity index is 0.965. The van der Waals surface area contributed by atoms with Gasteiger partial charge in [0.15, 0.2) is 0 Å². The van der Waals surface area contributed by atoms with Crippen molar-refractivity contribution in [1.82, 2.24) is 19.4 Å². The third kappa shape index (κ3) is 6.37. The van der Waals surface area contributed by atoms with Crippen LogP contribution in [0, 0.1) is 11.7 Å². The second-order valence-electron chi connectivity index (χ2n) is 13.1. The molecule has 2 aromatic heterocycles. The van der Waals surface area contributed by atoms with Gasteiger partial charge in [-0.3, -0.25) is 9.69 Å². The number of carbonyl (C=O) groups excluding carboxylic acids is 1. The van der Waals surface area contributed by atoms with Crippen molar-refractivity contribution >= 4 is 17.5 Å². The summed E-state index contributed by atoms with van der Waals surface area (Å²) in [5, 5.41) is 0. The van der Waals surface area contributed by atoms with Gasteiger partial charge in [-0.2, -0.15) is 0 Å². The summed E-state index contributed by atoms with van der Waals surface area (Å²) in [5.74, 6) is 2.05. The highest BCUT2D eigenvalue weighted by molar-refractivity contribution is 5.77. The Bertz CT molecular complexity index is 1760. The van der Waals surface area contributed by atoms with E-state index in [1.54, 1.807) is 12.1 Å². The van der Waals surface area contributed by atoms with Crippen molar-refractivity contribution in [2.24, 2.45) is 5.92 Å². The number of imidazole rings is 1. The van der Waals surface area contributed by atoms with E-state index in [1.807, 2.05) is 30.3 Å². The number of likely N-dealkylation sites (tertiary alicyclic amines) is 1. The van der Waals surface area contributed by atoms with Crippen LogP contribution < -0.4 is 4.74 Å². The van der Waals surface area contributed by atoms with E-state index in [0.29, 0.717) is 50.9 Å². The lowest BCUT2D eigenvalue weighted by molar-refractivity contribution is -0.129. The van der Waals surface area contributed by atoms with Crippen LogP contribution in [0.1, 0.15) is 58.4 Å². The molecule has 4 aliphatic heterocycles. The zero-order valence-corrected chi connectivity index (χ0v) is 26.3. The average Bonchev–Trinajstić information content (AvgIpc) is 3.25. The molecule has 11 heteroatoms. The number of halogens is 1. The summed E-state index contributed by atoms with van der Waals surface area (Å²) in [4.78, 5) is 23.3. The van der Waals surface area contributed by atoms with Gasteiger partial charge in [-0.25, -0.2) is 14.4 Å². The topological polar surface area (TPSA) is 97.2 Å². The van der Waals surface area contributed by atoms with Gasteiger partial charge in [0.05, 0.1) is 62.3 Å². The van der Waals surface area contributed by atoms with Gasteiger partial charge in [-0.15, -0.1) is 0 Å². The maximum atomic E-state index is 14.9. The van der Waals surface area contributed by atoms with Crippen molar-refractivity contribution in [2.75, 3.05) is 39.5 Å². The minimum absolute atomic E-state index is 0.121. The monoisotopic (exact) mass is 642 g/mol. The van der Waals surface area contributed by atoms with Crippen LogP contribution in [0.4, 0.5) is 4.39 Å². The first-order valence-corrected chi connectivity index (χ1v) is 16.5. The number of ether oxygens (including phenoxy) is 5. The molecule has 3 atom stereocenters. The van der Waals surface area contributed by atoms with Crippen LogP contribution in [0.2, 0.25) is 0 Å². The number of nitrogens with zero attached hydrogens (tertiary/aromatic N) is 4. The van der Waals surface area contributed by atoms with E-state index < -0.39 is 0 Å². The van der Waals surface area contributed by atoms with Gasteiger partial charge in [0, 0.05) is 42.5 Å². The van der Waals surface area contributed by atoms with Gasteiger partial charge < -0.3 is 28.3 Å². The van der Waals surface area contributed by atoms with Gasteiger partial charge in [-0.1, -0.05) is 18.2 Å². The molecule has 47 heavy (non-hydrogen) atoms. The van der Waals surface area contributed by atoms with Crippen molar-refractivity contribution in [3.63, 3.8) is 0 Å². The summed E-state index contributed by atoms with van der Waals surface area (Å²) in [6.45, 7) is 7.33. The number of fused-ring (bicyclic) bond motifs is 4. The Morgan fingerprint density at radius 1 is 1.00 bits per heavy atom. The predicted molar refractivity (Wildman–Crippen MR) is 169 cm³/mol. The third-order valence-electron chi connectivity index (χ3n) is 10.1. The highest BCUT2D eigenvalue weighted by Crippen LogP contribution is 2.38. The summed E-state index contributed by atoms with van der Waals surface area (Å²) >= 11 is 0. The summed E-state index contributed by atoms with van der Waals surface area (Å²) in [6, 6.07) is 15.3. The van der Waals surface area contributed by atoms with Crippen LogP contribution in [0.25, 0.3) is 11.0 Å². The minimum Gasteiger partial charge on any atom is -0.473 e. The van der Waals surface area contributed by atoms with Crippen LogP contribution in [0.15, 0.2) is 48.5 Å². The molecule has 2 unspecified atom stereocenters. The maximum absolute atomic E-state index is 14.9. The number of piperidine rings is 1. The fourth-order valence-corrected chi connectivity index (χ4v) is 7.22. The number of benzene rings is 2. The molecule has 4 aromatic rings. The van der Waals surface area contributed by atoms with Gasteiger partial charge >= 0.3 is 0 Å². The molecule has 0 bridgehead atoms. The number of rotatable bonds is 11. The molecule has 0 aliphatic carbocycles. The molecule has 10 nitrogen and oxygen atoms in total. The summed E-state index contributed by atoms with van der Waals surface area (Å²) < 4.78 is 45.4. The Morgan fingerprint density at radius 3 is 2.70 bits per heavy atom. The Morgan fingerprint density at radius 2 is 1.91 bits per heavy atom. The maximum Gasteiger partial charge on any atom is 0.293 e. The quantitative estimate of drug-likeness (QED) is 0.213. The van der Waals surface area contributed by atoms with Crippen molar-refractivity contribution < 1.29 is 32.9 Å². The molecule has 0 spiro atoms. The zero-order chi connectivity index (χ0) is 31.7.